The van der Waals surface area contributed by atoms with Crippen LogP contribution < -0.4 is 5.73 Å². The summed E-state index contributed by atoms with van der Waals surface area (Å²) in [6, 6.07) is 0. The van der Waals surface area contributed by atoms with Gasteiger partial charge in [-0.3, -0.25) is 4.57 Å². The van der Waals surface area contributed by atoms with Crippen LogP contribution in [0.5, 0.6) is 0 Å². The van der Waals surface area contributed by atoms with Gasteiger partial charge in [0.05, 0.1) is 12.9 Å². The number of nitrogen functional groups attached to an aromatic ring is 1. The van der Waals surface area contributed by atoms with Crippen molar-refractivity contribution in [2.24, 2.45) is 0 Å². The standard InChI is InChI=1S/C11H14IN5O4/c1-20-7-4(2-18)21-10(6(7)19)17-3-14-5-8(13)15-11(12)16-9(5)17/h3-4,6-7,10,18-19H,2H2,1H3,(H2,13,15,16)/t4-,6-,7-,10-/m1/s1. The Kier molecular flexibility index (Phi) is 3.96. The first-order valence-electron chi connectivity index (χ1n) is 6.19. The van der Waals surface area contributed by atoms with Gasteiger partial charge < -0.3 is 25.4 Å². The summed E-state index contributed by atoms with van der Waals surface area (Å²) in [5.74, 6) is 0.262. The zero-order valence-electron chi connectivity index (χ0n) is 11.0. The zero-order chi connectivity index (χ0) is 15.1. The predicted octanol–water partition coefficient (Wildman–Crippen LogP) is -0.721. The number of ether oxygens (including phenoxy) is 2. The van der Waals surface area contributed by atoms with Gasteiger partial charge in [-0.1, -0.05) is 0 Å². The summed E-state index contributed by atoms with van der Waals surface area (Å²) in [5, 5.41) is 19.6. The lowest BCUT2D eigenvalue weighted by molar-refractivity contribution is -0.0536. The number of nitrogens with zero attached hydrogens (tertiary/aromatic N) is 4. The molecule has 0 saturated carbocycles. The minimum absolute atomic E-state index is 0.257. The average molecular weight is 407 g/mol. The van der Waals surface area contributed by atoms with Crippen molar-refractivity contribution in [3.63, 3.8) is 0 Å². The molecule has 0 radical (unpaired) electrons. The number of aromatic nitrogens is 4. The first-order chi connectivity index (χ1) is 10.1. The van der Waals surface area contributed by atoms with Crippen LogP contribution in [0, 0.1) is 3.83 Å². The topological polar surface area (TPSA) is 129 Å². The van der Waals surface area contributed by atoms with Crippen molar-refractivity contribution in [3.8, 4) is 0 Å². The number of imidazole rings is 1. The van der Waals surface area contributed by atoms with Crippen LogP contribution in [0.4, 0.5) is 5.82 Å². The smallest absolute Gasteiger partial charge is 0.194 e. The number of nitrogens with two attached hydrogens (primary N) is 1. The minimum Gasteiger partial charge on any atom is -0.394 e. The van der Waals surface area contributed by atoms with Crippen LogP contribution in [-0.2, 0) is 9.47 Å². The quantitative estimate of drug-likeness (QED) is 0.449. The van der Waals surface area contributed by atoms with Crippen LogP contribution in [0.1, 0.15) is 6.23 Å². The lowest BCUT2D eigenvalue weighted by Gasteiger charge is -2.17. The molecule has 0 amide bonds. The van der Waals surface area contributed by atoms with E-state index in [0.29, 0.717) is 15.0 Å². The molecule has 21 heavy (non-hydrogen) atoms. The van der Waals surface area contributed by atoms with Gasteiger partial charge in [-0.25, -0.2) is 15.0 Å². The molecule has 4 N–H and O–H groups in total. The van der Waals surface area contributed by atoms with Crippen molar-refractivity contribution in [2.45, 2.75) is 24.5 Å². The number of aliphatic hydroxyl groups is 2. The van der Waals surface area contributed by atoms with Gasteiger partial charge in [-0.15, -0.1) is 0 Å². The highest BCUT2D eigenvalue weighted by Gasteiger charge is 2.45. The number of methoxy groups -OCH3 is 1. The molecule has 9 nitrogen and oxygen atoms in total. The van der Waals surface area contributed by atoms with E-state index in [9.17, 15) is 10.2 Å². The van der Waals surface area contributed by atoms with Gasteiger partial charge in [0.1, 0.15) is 23.8 Å². The molecule has 1 aliphatic rings. The van der Waals surface area contributed by atoms with Crippen molar-refractivity contribution in [1.82, 2.24) is 19.5 Å². The Balaban J connectivity index is 2.05. The van der Waals surface area contributed by atoms with Crippen LogP contribution in [0.3, 0.4) is 0 Å². The van der Waals surface area contributed by atoms with Gasteiger partial charge in [0.25, 0.3) is 0 Å². The highest BCUT2D eigenvalue weighted by atomic mass is 127. The molecule has 0 aromatic carbocycles. The van der Waals surface area contributed by atoms with Crippen molar-refractivity contribution >= 4 is 39.6 Å². The largest absolute Gasteiger partial charge is 0.394 e. The highest BCUT2D eigenvalue weighted by Crippen LogP contribution is 2.33. The van der Waals surface area contributed by atoms with E-state index in [1.54, 1.807) is 4.57 Å². The fourth-order valence-electron chi connectivity index (χ4n) is 2.48. The van der Waals surface area contributed by atoms with Gasteiger partial charge in [0.2, 0.25) is 0 Å². The van der Waals surface area contributed by atoms with E-state index in [1.807, 2.05) is 22.6 Å². The summed E-state index contributed by atoms with van der Waals surface area (Å²) in [5.41, 5.74) is 6.71. The Morgan fingerprint density at radius 3 is 2.90 bits per heavy atom. The van der Waals surface area contributed by atoms with Gasteiger partial charge in [0, 0.05) is 29.7 Å². The molecule has 0 spiro atoms. The maximum Gasteiger partial charge on any atom is 0.194 e. The van der Waals surface area contributed by atoms with E-state index < -0.39 is 24.5 Å². The Bertz CT molecular complexity index is 665. The molecule has 3 rings (SSSR count). The second-order valence-corrected chi connectivity index (χ2v) is 5.61. The number of aliphatic hydroxyl groups excluding tert-OH is 2. The molecular weight excluding hydrogens is 393 g/mol. The first-order valence-corrected chi connectivity index (χ1v) is 7.27. The zero-order valence-corrected chi connectivity index (χ0v) is 13.2. The maximum absolute atomic E-state index is 10.3. The third kappa shape index (κ3) is 2.36. The van der Waals surface area contributed by atoms with Crippen LogP contribution in [0.2, 0.25) is 0 Å². The summed E-state index contributed by atoms with van der Waals surface area (Å²) in [6.07, 6.45) is -1.49. The van der Waals surface area contributed by atoms with Gasteiger partial charge in [-0.05, 0) is 0 Å². The van der Waals surface area contributed by atoms with E-state index in [-0.39, 0.29) is 12.4 Å². The van der Waals surface area contributed by atoms with Crippen molar-refractivity contribution in [2.75, 3.05) is 19.5 Å². The molecule has 2 aromatic heterocycles. The molecule has 0 aliphatic carbocycles. The van der Waals surface area contributed by atoms with Crippen molar-refractivity contribution in [1.29, 1.82) is 0 Å². The van der Waals surface area contributed by atoms with Crippen LogP contribution in [0.15, 0.2) is 6.33 Å². The third-order valence-corrected chi connectivity index (χ3v) is 3.94. The minimum atomic E-state index is -0.960. The number of anilines is 1. The summed E-state index contributed by atoms with van der Waals surface area (Å²) in [7, 11) is 1.46. The molecule has 4 atom stereocenters. The average Bonchev–Trinajstić information content (AvgIpc) is 2.99. The predicted molar refractivity (Wildman–Crippen MR) is 80.3 cm³/mol. The van der Waals surface area contributed by atoms with Crippen LogP contribution in [-0.4, -0.2) is 61.8 Å². The normalized spacial score (nSPS) is 29.3. The summed E-state index contributed by atoms with van der Waals surface area (Å²) in [4.78, 5) is 12.5. The second kappa shape index (κ2) is 5.61. The Labute approximate surface area is 133 Å². The lowest BCUT2D eigenvalue weighted by atomic mass is 10.1. The fraction of sp³-hybridized carbons (Fsp3) is 0.545. The van der Waals surface area contributed by atoms with E-state index in [0.717, 1.165) is 0 Å². The number of rotatable bonds is 3. The SMILES string of the molecule is CO[C@H]1[C@@H](O)[C@H](n2cnc3c(N)nc(I)nc32)O[C@@H]1CO. The Hall–Kier alpha value is -1.08. The summed E-state index contributed by atoms with van der Waals surface area (Å²) < 4.78 is 12.9. The molecule has 1 saturated heterocycles. The molecule has 0 bridgehead atoms. The monoisotopic (exact) mass is 407 g/mol. The number of hydrogen-bond donors (Lipinski definition) is 3. The molecule has 10 heteroatoms. The number of fused-ring (bicyclic) bond motifs is 1. The maximum atomic E-state index is 10.3. The Morgan fingerprint density at radius 2 is 2.29 bits per heavy atom. The molecule has 2 aromatic rings. The molecule has 114 valence electrons. The Morgan fingerprint density at radius 1 is 1.52 bits per heavy atom. The van der Waals surface area contributed by atoms with Gasteiger partial charge in [-0.2, -0.15) is 0 Å². The van der Waals surface area contributed by atoms with E-state index in [1.165, 1.54) is 13.4 Å². The second-order valence-electron chi connectivity index (χ2n) is 4.64. The highest BCUT2D eigenvalue weighted by molar-refractivity contribution is 14.1. The molecule has 1 aliphatic heterocycles. The molecule has 0 unspecified atom stereocenters. The van der Waals surface area contributed by atoms with Crippen LogP contribution >= 0.6 is 22.6 Å². The third-order valence-electron chi connectivity index (χ3n) is 3.46. The summed E-state index contributed by atoms with van der Waals surface area (Å²) in [6.45, 7) is -0.257. The first kappa shape index (κ1) is 14.8. The van der Waals surface area contributed by atoms with Crippen molar-refractivity contribution in [3.05, 3.63) is 10.2 Å². The fourth-order valence-corrected chi connectivity index (χ4v) is 2.97. The molecule has 1 fully saturated rings. The van der Waals surface area contributed by atoms with E-state index in [4.69, 9.17) is 15.2 Å². The molecular formula is C11H14IN5O4. The van der Waals surface area contributed by atoms with Crippen molar-refractivity contribution < 1.29 is 19.7 Å². The lowest BCUT2D eigenvalue weighted by Crippen LogP contribution is -2.35. The van der Waals surface area contributed by atoms with E-state index >= 15 is 0 Å². The van der Waals surface area contributed by atoms with E-state index in [2.05, 4.69) is 15.0 Å². The number of hydrogen-bond acceptors (Lipinski definition) is 8. The molecule has 3 heterocycles. The van der Waals surface area contributed by atoms with Crippen LogP contribution in [0.25, 0.3) is 11.2 Å². The summed E-state index contributed by atoms with van der Waals surface area (Å²) >= 11 is 1.95. The van der Waals surface area contributed by atoms with Gasteiger partial charge in [0.15, 0.2) is 21.5 Å². The number of halogens is 1. The van der Waals surface area contributed by atoms with Gasteiger partial charge >= 0.3 is 0 Å².